The van der Waals surface area contributed by atoms with Crippen LogP contribution < -0.4 is 4.74 Å². The van der Waals surface area contributed by atoms with Gasteiger partial charge in [0, 0.05) is 4.88 Å². The van der Waals surface area contributed by atoms with Crippen molar-refractivity contribution in [1.29, 1.82) is 5.26 Å². The van der Waals surface area contributed by atoms with Crippen LogP contribution in [0.4, 0.5) is 0 Å². The number of thiophene rings is 1. The number of rotatable bonds is 4. The topological polar surface area (TPSA) is 42.2 Å². The molecule has 0 fully saturated rings. The largest absolute Gasteiger partial charge is 0.504 e. The Morgan fingerprint density at radius 2 is 1.94 bits per heavy atom. The zero-order chi connectivity index (χ0) is 12.8. The fraction of sp³-hybridized carbons (Fsp3) is 0.0714. The Kier molecular flexibility index (Phi) is 4.00. The highest BCUT2D eigenvalue weighted by Crippen LogP contribution is 2.30. The summed E-state index contributed by atoms with van der Waals surface area (Å²) in [7, 11) is 1.61. The molecule has 0 aliphatic carbocycles. The van der Waals surface area contributed by atoms with Crippen LogP contribution in [0.3, 0.4) is 0 Å². The molecule has 0 aliphatic heterocycles. The lowest BCUT2D eigenvalue weighted by Gasteiger charge is -2.01. The Labute approximate surface area is 110 Å². The van der Waals surface area contributed by atoms with Gasteiger partial charge in [-0.25, -0.2) is 0 Å². The number of methoxy groups -OCH3 is 1. The van der Waals surface area contributed by atoms with E-state index in [0.29, 0.717) is 5.56 Å². The number of hydrogen-bond donors (Lipinski definition) is 0. The second kappa shape index (κ2) is 5.89. The van der Waals surface area contributed by atoms with Crippen molar-refractivity contribution in [2.24, 2.45) is 0 Å². The summed E-state index contributed by atoms with van der Waals surface area (Å²) in [5, 5.41) is 9.50. The third-order valence-corrected chi connectivity index (χ3v) is 3.10. The van der Waals surface area contributed by atoms with Crippen molar-refractivity contribution >= 4 is 17.4 Å². The molecule has 3 nitrogen and oxygen atoms in total. The van der Waals surface area contributed by atoms with Gasteiger partial charge in [0.15, 0.2) is 5.06 Å². The van der Waals surface area contributed by atoms with E-state index in [1.54, 1.807) is 37.6 Å². The summed E-state index contributed by atoms with van der Waals surface area (Å²) >= 11 is 1.52. The highest BCUT2D eigenvalue weighted by Gasteiger charge is 2.01. The smallest absolute Gasteiger partial charge is 0.181 e. The minimum absolute atomic E-state index is 0.622. The van der Waals surface area contributed by atoms with Crippen molar-refractivity contribution in [3.63, 3.8) is 0 Å². The average molecular weight is 257 g/mol. The number of nitrogens with zero attached hydrogens (tertiary/aromatic N) is 1. The van der Waals surface area contributed by atoms with Crippen molar-refractivity contribution in [2.75, 3.05) is 7.11 Å². The molecule has 0 radical (unpaired) electrons. The summed E-state index contributed by atoms with van der Waals surface area (Å²) in [4.78, 5) is 1.06. The fourth-order valence-corrected chi connectivity index (χ4v) is 2.09. The lowest BCUT2D eigenvalue weighted by Crippen LogP contribution is -1.80. The molecule has 0 aliphatic rings. The SMILES string of the molecule is CO/C=C/c1ccc(Oc2ccc(C#N)cc2)s1. The summed E-state index contributed by atoms with van der Waals surface area (Å²) in [5.41, 5.74) is 0.622. The first-order valence-corrected chi connectivity index (χ1v) is 6.10. The second-order valence-electron chi connectivity index (χ2n) is 3.43. The maximum absolute atomic E-state index is 8.70. The molecule has 0 atom stereocenters. The van der Waals surface area contributed by atoms with Gasteiger partial charge in [-0.3, -0.25) is 0 Å². The molecular weight excluding hydrogens is 246 g/mol. The molecule has 0 saturated carbocycles. The molecule has 4 heteroatoms. The van der Waals surface area contributed by atoms with Crippen LogP contribution in [-0.2, 0) is 4.74 Å². The van der Waals surface area contributed by atoms with Crippen molar-refractivity contribution < 1.29 is 9.47 Å². The van der Waals surface area contributed by atoms with Crippen LogP contribution in [0.1, 0.15) is 10.4 Å². The Hall–Kier alpha value is -2.25. The molecular formula is C14H11NO2S. The van der Waals surface area contributed by atoms with Gasteiger partial charge in [0.05, 0.1) is 25.0 Å². The first-order valence-electron chi connectivity index (χ1n) is 5.29. The Bertz CT molecular complexity index is 579. The van der Waals surface area contributed by atoms with Gasteiger partial charge in [-0.2, -0.15) is 5.26 Å². The number of benzene rings is 1. The number of ether oxygens (including phenoxy) is 2. The van der Waals surface area contributed by atoms with Crippen LogP contribution in [0.25, 0.3) is 6.08 Å². The van der Waals surface area contributed by atoms with Crippen molar-refractivity contribution in [2.45, 2.75) is 0 Å². The molecule has 2 aromatic rings. The van der Waals surface area contributed by atoms with Gasteiger partial charge in [0.2, 0.25) is 0 Å². The zero-order valence-electron chi connectivity index (χ0n) is 9.79. The van der Waals surface area contributed by atoms with E-state index in [9.17, 15) is 0 Å². The average Bonchev–Trinajstić information content (AvgIpc) is 2.85. The van der Waals surface area contributed by atoms with Gasteiger partial charge in [-0.15, -0.1) is 0 Å². The third kappa shape index (κ3) is 3.12. The van der Waals surface area contributed by atoms with E-state index in [1.807, 2.05) is 18.2 Å². The minimum Gasteiger partial charge on any atom is -0.504 e. The monoisotopic (exact) mass is 257 g/mol. The van der Waals surface area contributed by atoms with E-state index >= 15 is 0 Å². The molecule has 0 spiro atoms. The van der Waals surface area contributed by atoms with E-state index in [-0.39, 0.29) is 0 Å². The quantitative estimate of drug-likeness (QED) is 0.776. The molecule has 0 N–H and O–H groups in total. The summed E-state index contributed by atoms with van der Waals surface area (Å²) in [5.74, 6) is 0.720. The Morgan fingerprint density at radius 3 is 2.61 bits per heavy atom. The predicted molar refractivity (Wildman–Crippen MR) is 71.6 cm³/mol. The van der Waals surface area contributed by atoms with E-state index in [2.05, 4.69) is 6.07 Å². The molecule has 18 heavy (non-hydrogen) atoms. The van der Waals surface area contributed by atoms with Gasteiger partial charge in [-0.05, 0) is 42.5 Å². The number of nitriles is 1. The normalized spacial score (nSPS) is 10.2. The van der Waals surface area contributed by atoms with E-state index in [4.69, 9.17) is 14.7 Å². The first-order chi connectivity index (χ1) is 8.81. The lowest BCUT2D eigenvalue weighted by atomic mass is 10.2. The standard InChI is InChI=1S/C14H11NO2S/c1-16-9-8-13-6-7-14(18-13)17-12-4-2-11(10-15)3-5-12/h2-9H,1H3/b9-8+. The number of hydrogen-bond acceptors (Lipinski definition) is 4. The fourth-order valence-electron chi connectivity index (χ4n) is 1.33. The van der Waals surface area contributed by atoms with Gasteiger partial charge >= 0.3 is 0 Å². The maximum atomic E-state index is 8.70. The van der Waals surface area contributed by atoms with Gasteiger partial charge in [0.25, 0.3) is 0 Å². The van der Waals surface area contributed by atoms with Crippen LogP contribution in [0.15, 0.2) is 42.7 Å². The lowest BCUT2D eigenvalue weighted by molar-refractivity contribution is 0.341. The summed E-state index contributed by atoms with van der Waals surface area (Å²) in [6.45, 7) is 0. The molecule has 1 aromatic carbocycles. The van der Waals surface area contributed by atoms with E-state index < -0.39 is 0 Å². The van der Waals surface area contributed by atoms with Crippen LogP contribution >= 0.6 is 11.3 Å². The third-order valence-electron chi connectivity index (χ3n) is 2.17. The predicted octanol–water partition coefficient (Wildman–Crippen LogP) is 4.03. The molecule has 90 valence electrons. The van der Waals surface area contributed by atoms with Crippen LogP contribution in [0, 0.1) is 11.3 Å². The van der Waals surface area contributed by atoms with Gasteiger partial charge in [0.1, 0.15) is 5.75 Å². The van der Waals surface area contributed by atoms with Crippen molar-refractivity contribution in [3.05, 3.63) is 53.1 Å². The minimum atomic E-state index is 0.622. The van der Waals surface area contributed by atoms with E-state index in [1.165, 1.54) is 11.3 Å². The second-order valence-corrected chi connectivity index (χ2v) is 4.51. The van der Waals surface area contributed by atoms with Crippen molar-refractivity contribution in [1.82, 2.24) is 0 Å². The highest BCUT2D eigenvalue weighted by molar-refractivity contribution is 7.14. The molecule has 0 unspecified atom stereocenters. The van der Waals surface area contributed by atoms with Crippen molar-refractivity contribution in [3.8, 4) is 16.9 Å². The van der Waals surface area contributed by atoms with Crippen LogP contribution in [-0.4, -0.2) is 7.11 Å². The molecule has 1 aromatic heterocycles. The Balaban J connectivity index is 2.06. The van der Waals surface area contributed by atoms with Crippen LogP contribution in [0.5, 0.6) is 10.8 Å². The zero-order valence-corrected chi connectivity index (χ0v) is 10.6. The van der Waals surface area contributed by atoms with Gasteiger partial charge < -0.3 is 9.47 Å². The highest BCUT2D eigenvalue weighted by atomic mass is 32.1. The molecule has 0 bridgehead atoms. The Morgan fingerprint density at radius 1 is 1.17 bits per heavy atom. The summed E-state index contributed by atoms with van der Waals surface area (Å²) < 4.78 is 10.5. The molecule has 2 rings (SSSR count). The molecule has 0 amide bonds. The maximum Gasteiger partial charge on any atom is 0.181 e. The first kappa shape index (κ1) is 12.2. The van der Waals surface area contributed by atoms with E-state index in [0.717, 1.165) is 15.7 Å². The summed E-state index contributed by atoms with van der Waals surface area (Å²) in [6.07, 6.45) is 3.49. The summed E-state index contributed by atoms with van der Waals surface area (Å²) in [6, 6.07) is 13.0. The molecule has 0 saturated heterocycles. The molecule has 1 heterocycles. The van der Waals surface area contributed by atoms with Gasteiger partial charge in [-0.1, -0.05) is 11.3 Å². The van der Waals surface area contributed by atoms with Crippen LogP contribution in [0.2, 0.25) is 0 Å².